The van der Waals surface area contributed by atoms with Gasteiger partial charge in [-0.25, -0.2) is 9.69 Å². The second-order valence-electron chi connectivity index (χ2n) is 6.80. The number of anilines is 1. The Morgan fingerprint density at radius 1 is 1.03 bits per heavy atom. The molecule has 2 aromatic carbocycles. The number of nitrogens with one attached hydrogen (secondary N) is 2. The number of benzene rings is 2. The molecule has 3 aromatic rings. The molecule has 1 aromatic heterocycles. The van der Waals surface area contributed by atoms with Crippen LogP contribution in [0, 0.1) is 0 Å². The Morgan fingerprint density at radius 2 is 1.83 bits per heavy atom. The summed E-state index contributed by atoms with van der Waals surface area (Å²) in [4.78, 5) is 42.9. The number of carbonyl (C=O) groups is 3. The van der Waals surface area contributed by atoms with Crippen LogP contribution in [0.5, 0.6) is 0 Å². The van der Waals surface area contributed by atoms with Crippen LogP contribution in [-0.4, -0.2) is 35.4 Å². The number of carbonyl (C=O) groups excluding carboxylic acids is 3. The van der Waals surface area contributed by atoms with Crippen LogP contribution in [-0.2, 0) is 16.0 Å². The standard InChI is InChI=1S/C22H20N4O3/c27-20(24-13-11-16-8-3-4-12-23-16)14-18-21(28)26(22(29)25-18)19-10-5-7-15-6-1-2-9-17(15)19/h1-10,12,18H,11,13-14H2,(H,24,27)(H,25,29)/t18-/m1/s1. The fraction of sp³-hybridized carbons (Fsp3) is 0.182. The average molecular weight is 388 g/mol. The summed E-state index contributed by atoms with van der Waals surface area (Å²) in [6.07, 6.45) is 2.19. The summed E-state index contributed by atoms with van der Waals surface area (Å²) < 4.78 is 0. The molecule has 1 atom stereocenters. The molecule has 1 saturated heterocycles. The first-order chi connectivity index (χ1) is 14.1. The molecule has 1 aliphatic rings. The lowest BCUT2D eigenvalue weighted by molar-refractivity contribution is -0.125. The Bertz CT molecular complexity index is 1060. The zero-order chi connectivity index (χ0) is 20.2. The molecule has 0 saturated carbocycles. The molecule has 0 bridgehead atoms. The van der Waals surface area contributed by atoms with Gasteiger partial charge in [0.15, 0.2) is 0 Å². The number of urea groups is 1. The molecule has 0 unspecified atom stereocenters. The minimum absolute atomic E-state index is 0.103. The monoisotopic (exact) mass is 388 g/mol. The molecule has 146 valence electrons. The van der Waals surface area contributed by atoms with E-state index in [0.717, 1.165) is 21.4 Å². The lowest BCUT2D eigenvalue weighted by Crippen LogP contribution is -2.37. The van der Waals surface area contributed by atoms with Gasteiger partial charge in [0.2, 0.25) is 5.91 Å². The van der Waals surface area contributed by atoms with Crippen molar-refractivity contribution in [1.29, 1.82) is 0 Å². The van der Waals surface area contributed by atoms with Crippen LogP contribution in [0.3, 0.4) is 0 Å². The third kappa shape index (κ3) is 3.94. The number of pyridine rings is 1. The van der Waals surface area contributed by atoms with Crippen molar-refractivity contribution < 1.29 is 14.4 Å². The summed E-state index contributed by atoms with van der Waals surface area (Å²) in [6.45, 7) is 0.414. The topological polar surface area (TPSA) is 91.4 Å². The lowest BCUT2D eigenvalue weighted by atomic mass is 10.1. The maximum atomic E-state index is 12.8. The maximum absolute atomic E-state index is 12.8. The molecule has 4 rings (SSSR count). The number of imide groups is 1. The number of aromatic nitrogens is 1. The van der Waals surface area contributed by atoms with Crippen LogP contribution in [0.1, 0.15) is 12.1 Å². The SMILES string of the molecule is O=C(C[C@H]1NC(=O)N(c2cccc3ccccc23)C1=O)NCCc1ccccn1. The van der Waals surface area contributed by atoms with Gasteiger partial charge in [0.25, 0.3) is 5.91 Å². The van der Waals surface area contributed by atoms with Crippen LogP contribution >= 0.6 is 0 Å². The van der Waals surface area contributed by atoms with E-state index in [-0.39, 0.29) is 12.3 Å². The first-order valence-corrected chi connectivity index (χ1v) is 9.42. The number of amides is 4. The Hall–Kier alpha value is -3.74. The van der Waals surface area contributed by atoms with E-state index in [2.05, 4.69) is 15.6 Å². The summed E-state index contributed by atoms with van der Waals surface area (Å²) in [5.74, 6) is -0.717. The van der Waals surface area contributed by atoms with Crippen LogP contribution in [0.15, 0.2) is 66.9 Å². The van der Waals surface area contributed by atoms with E-state index >= 15 is 0 Å². The minimum atomic E-state index is -0.878. The van der Waals surface area contributed by atoms with E-state index in [1.165, 1.54) is 0 Å². The zero-order valence-electron chi connectivity index (χ0n) is 15.7. The van der Waals surface area contributed by atoms with Gasteiger partial charge in [-0.2, -0.15) is 0 Å². The predicted octanol–water partition coefficient (Wildman–Crippen LogP) is 2.41. The fourth-order valence-corrected chi connectivity index (χ4v) is 3.43. The third-order valence-electron chi connectivity index (χ3n) is 4.85. The summed E-state index contributed by atoms with van der Waals surface area (Å²) in [6, 6.07) is 17.2. The maximum Gasteiger partial charge on any atom is 0.329 e. The molecule has 2 heterocycles. The second kappa shape index (κ2) is 8.10. The van der Waals surface area contributed by atoms with Gasteiger partial charge < -0.3 is 10.6 Å². The highest BCUT2D eigenvalue weighted by Gasteiger charge is 2.40. The van der Waals surface area contributed by atoms with Crippen molar-refractivity contribution >= 4 is 34.3 Å². The summed E-state index contributed by atoms with van der Waals surface area (Å²) >= 11 is 0. The van der Waals surface area contributed by atoms with Gasteiger partial charge in [-0.15, -0.1) is 0 Å². The number of rotatable bonds is 6. The van der Waals surface area contributed by atoms with Gasteiger partial charge in [0, 0.05) is 30.2 Å². The molecule has 7 heteroatoms. The summed E-state index contributed by atoms with van der Waals surface area (Å²) in [7, 11) is 0. The van der Waals surface area contributed by atoms with Crippen molar-refractivity contribution in [2.75, 3.05) is 11.4 Å². The first-order valence-electron chi connectivity index (χ1n) is 9.42. The van der Waals surface area contributed by atoms with Crippen LogP contribution < -0.4 is 15.5 Å². The van der Waals surface area contributed by atoms with Gasteiger partial charge in [-0.1, -0.05) is 42.5 Å². The van der Waals surface area contributed by atoms with Gasteiger partial charge in [0.05, 0.1) is 12.1 Å². The third-order valence-corrected chi connectivity index (χ3v) is 4.85. The normalized spacial score (nSPS) is 16.1. The Balaban J connectivity index is 1.41. The van der Waals surface area contributed by atoms with Crippen molar-refractivity contribution in [1.82, 2.24) is 15.6 Å². The zero-order valence-corrected chi connectivity index (χ0v) is 15.7. The Morgan fingerprint density at radius 3 is 2.66 bits per heavy atom. The fourth-order valence-electron chi connectivity index (χ4n) is 3.43. The summed E-state index contributed by atoms with van der Waals surface area (Å²) in [5.41, 5.74) is 1.39. The van der Waals surface area contributed by atoms with E-state index in [4.69, 9.17) is 0 Å². The predicted molar refractivity (Wildman–Crippen MR) is 109 cm³/mol. The highest BCUT2D eigenvalue weighted by atomic mass is 16.2. The molecule has 29 heavy (non-hydrogen) atoms. The van der Waals surface area contributed by atoms with Crippen molar-refractivity contribution in [2.24, 2.45) is 0 Å². The number of hydrogen-bond acceptors (Lipinski definition) is 4. The van der Waals surface area contributed by atoms with Crippen LogP contribution in [0.2, 0.25) is 0 Å². The number of hydrogen-bond donors (Lipinski definition) is 2. The minimum Gasteiger partial charge on any atom is -0.356 e. The molecule has 0 spiro atoms. The Kier molecular flexibility index (Phi) is 5.20. The van der Waals surface area contributed by atoms with Crippen LogP contribution in [0.4, 0.5) is 10.5 Å². The molecule has 0 aliphatic carbocycles. The second-order valence-corrected chi connectivity index (χ2v) is 6.80. The lowest BCUT2D eigenvalue weighted by Gasteiger charge is -2.15. The molecule has 1 fully saturated rings. The quantitative estimate of drug-likeness (QED) is 0.635. The molecule has 2 N–H and O–H groups in total. The first kappa shape index (κ1) is 18.6. The Labute approximate surface area is 167 Å². The average Bonchev–Trinajstić information content (AvgIpc) is 3.01. The number of fused-ring (bicyclic) bond motifs is 1. The molecule has 0 radical (unpaired) electrons. The molecule has 4 amide bonds. The molecule has 7 nitrogen and oxygen atoms in total. The largest absolute Gasteiger partial charge is 0.356 e. The van der Waals surface area contributed by atoms with Gasteiger partial charge >= 0.3 is 6.03 Å². The molecule has 1 aliphatic heterocycles. The highest BCUT2D eigenvalue weighted by molar-refractivity contribution is 6.24. The van der Waals surface area contributed by atoms with E-state index in [0.29, 0.717) is 18.7 Å². The van der Waals surface area contributed by atoms with Crippen molar-refractivity contribution in [3.05, 3.63) is 72.6 Å². The van der Waals surface area contributed by atoms with E-state index in [1.54, 1.807) is 18.3 Å². The van der Waals surface area contributed by atoms with E-state index < -0.39 is 18.0 Å². The van der Waals surface area contributed by atoms with Crippen molar-refractivity contribution in [2.45, 2.75) is 18.9 Å². The van der Waals surface area contributed by atoms with Crippen molar-refractivity contribution in [3.63, 3.8) is 0 Å². The van der Waals surface area contributed by atoms with Gasteiger partial charge in [-0.3, -0.25) is 14.6 Å². The molecular weight excluding hydrogens is 368 g/mol. The van der Waals surface area contributed by atoms with E-state index in [9.17, 15) is 14.4 Å². The van der Waals surface area contributed by atoms with Gasteiger partial charge in [-0.05, 0) is 23.6 Å². The summed E-state index contributed by atoms with van der Waals surface area (Å²) in [5, 5.41) is 7.13. The van der Waals surface area contributed by atoms with Gasteiger partial charge in [0.1, 0.15) is 6.04 Å². The van der Waals surface area contributed by atoms with Crippen LogP contribution in [0.25, 0.3) is 10.8 Å². The van der Waals surface area contributed by atoms with Crippen molar-refractivity contribution in [3.8, 4) is 0 Å². The number of nitrogens with zero attached hydrogens (tertiary/aromatic N) is 2. The van der Waals surface area contributed by atoms with E-state index in [1.807, 2.05) is 48.5 Å². The molecular formula is C22H20N4O3. The smallest absolute Gasteiger partial charge is 0.329 e. The highest BCUT2D eigenvalue weighted by Crippen LogP contribution is 2.29.